The molecular weight excluding hydrogens is 461 g/mol. The summed E-state index contributed by atoms with van der Waals surface area (Å²) >= 11 is 2.69. The van der Waals surface area contributed by atoms with Crippen molar-refractivity contribution in [3.05, 3.63) is 63.1 Å². The number of aliphatic carboxylic acids is 1. The molecule has 0 saturated heterocycles. The quantitative estimate of drug-likeness (QED) is 0.354. The van der Waals surface area contributed by atoms with Crippen molar-refractivity contribution in [2.24, 2.45) is 0 Å². The Morgan fingerprint density at radius 2 is 1.78 bits per heavy atom. The molecule has 10 heteroatoms. The van der Waals surface area contributed by atoms with E-state index in [1.165, 1.54) is 34.8 Å². The van der Waals surface area contributed by atoms with Crippen LogP contribution in [0.15, 0.2) is 36.4 Å². The first-order valence-corrected chi connectivity index (χ1v) is 11.1. The van der Waals surface area contributed by atoms with Gasteiger partial charge in [0.2, 0.25) is 0 Å². The third kappa shape index (κ3) is 4.61. The predicted octanol–water partition coefficient (Wildman–Crippen LogP) is 6.26. The normalized spacial score (nSPS) is 11.8. The highest BCUT2D eigenvalue weighted by molar-refractivity contribution is 7.18. The number of carbonyl (C=O) groups is 1. The molecule has 32 heavy (non-hydrogen) atoms. The molecule has 2 heterocycles. The summed E-state index contributed by atoms with van der Waals surface area (Å²) in [5, 5.41) is 10.2. The summed E-state index contributed by atoms with van der Waals surface area (Å²) in [4.78, 5) is 20.8. The highest BCUT2D eigenvalue weighted by Crippen LogP contribution is 2.35. The number of ether oxygens (including phenoxy) is 1. The van der Waals surface area contributed by atoms with E-state index in [9.17, 15) is 18.0 Å². The first-order valence-electron chi connectivity index (χ1n) is 9.49. The Bertz CT molecular complexity index is 1290. The summed E-state index contributed by atoms with van der Waals surface area (Å²) in [6, 6.07) is 8.61. The van der Waals surface area contributed by atoms with E-state index in [-0.39, 0.29) is 13.0 Å². The number of benzene rings is 2. The SMILES string of the molecule is Cc1nc(-c2ccc(C(F)(F)F)cc2)sc1COc1ccc(C)c2sc(CC(=O)O)nc12. The lowest BCUT2D eigenvalue weighted by Crippen LogP contribution is -2.03. The number of thiazole rings is 2. The van der Waals surface area contributed by atoms with Crippen molar-refractivity contribution < 1.29 is 27.8 Å². The number of fused-ring (bicyclic) bond motifs is 1. The minimum Gasteiger partial charge on any atom is -0.486 e. The Balaban J connectivity index is 1.55. The minimum absolute atomic E-state index is 0.150. The van der Waals surface area contributed by atoms with Gasteiger partial charge < -0.3 is 9.84 Å². The van der Waals surface area contributed by atoms with E-state index >= 15 is 0 Å². The fourth-order valence-electron chi connectivity index (χ4n) is 3.11. The van der Waals surface area contributed by atoms with Gasteiger partial charge in [0.25, 0.3) is 0 Å². The monoisotopic (exact) mass is 478 g/mol. The zero-order valence-electron chi connectivity index (χ0n) is 17.0. The van der Waals surface area contributed by atoms with Crippen molar-refractivity contribution in [2.75, 3.05) is 0 Å². The number of rotatable bonds is 6. The predicted molar refractivity (Wildman–Crippen MR) is 117 cm³/mol. The van der Waals surface area contributed by atoms with Crippen LogP contribution in [0.5, 0.6) is 5.75 Å². The molecule has 0 amide bonds. The third-order valence-electron chi connectivity index (χ3n) is 4.76. The van der Waals surface area contributed by atoms with Gasteiger partial charge in [0, 0.05) is 5.56 Å². The number of halogens is 3. The lowest BCUT2D eigenvalue weighted by molar-refractivity contribution is -0.138. The number of nitrogens with zero attached hydrogens (tertiary/aromatic N) is 2. The summed E-state index contributed by atoms with van der Waals surface area (Å²) < 4.78 is 45.2. The van der Waals surface area contributed by atoms with E-state index in [0.29, 0.717) is 26.8 Å². The van der Waals surface area contributed by atoms with E-state index in [4.69, 9.17) is 9.84 Å². The van der Waals surface area contributed by atoms with Crippen LogP contribution in [0.1, 0.15) is 26.7 Å². The molecule has 166 valence electrons. The molecular formula is C22H17F3N2O3S2. The largest absolute Gasteiger partial charge is 0.486 e. The number of carboxylic acid groups (broad SMARTS) is 1. The van der Waals surface area contributed by atoms with Gasteiger partial charge in [-0.15, -0.1) is 22.7 Å². The molecule has 0 saturated carbocycles. The smallest absolute Gasteiger partial charge is 0.416 e. The second-order valence-corrected chi connectivity index (χ2v) is 9.30. The molecule has 0 aliphatic carbocycles. The molecule has 1 N–H and O–H groups in total. The van der Waals surface area contributed by atoms with Crippen molar-refractivity contribution in [3.8, 4) is 16.3 Å². The Hall–Kier alpha value is -2.98. The molecule has 0 spiro atoms. The Labute approximate surface area is 189 Å². The van der Waals surface area contributed by atoms with Crippen LogP contribution in [0, 0.1) is 13.8 Å². The highest BCUT2D eigenvalue weighted by Gasteiger charge is 2.30. The van der Waals surface area contributed by atoms with Crippen LogP contribution in [0.25, 0.3) is 20.8 Å². The van der Waals surface area contributed by atoms with Gasteiger partial charge in [-0.25, -0.2) is 9.97 Å². The lowest BCUT2D eigenvalue weighted by Gasteiger charge is -2.07. The zero-order chi connectivity index (χ0) is 23.0. The van der Waals surface area contributed by atoms with Crippen LogP contribution >= 0.6 is 22.7 Å². The second-order valence-electron chi connectivity index (χ2n) is 7.13. The van der Waals surface area contributed by atoms with Crippen molar-refractivity contribution in [2.45, 2.75) is 33.1 Å². The standard InChI is InChI=1S/C22H17F3N2O3S2/c1-11-3-8-15(19-20(11)32-17(27-19)9-18(28)29)30-10-16-12(2)26-21(31-16)13-4-6-14(7-5-13)22(23,24)25/h3-8H,9-10H2,1-2H3,(H,28,29). The summed E-state index contributed by atoms with van der Waals surface area (Å²) in [5.41, 5.74) is 2.24. The average Bonchev–Trinajstić information content (AvgIpc) is 3.31. The summed E-state index contributed by atoms with van der Waals surface area (Å²) in [5.74, 6) is -0.400. The Kier molecular flexibility index (Phi) is 5.91. The van der Waals surface area contributed by atoms with Crippen molar-refractivity contribution >= 4 is 38.9 Å². The molecule has 0 aliphatic rings. The first kappa shape index (κ1) is 22.2. The van der Waals surface area contributed by atoms with Gasteiger partial charge in [0.1, 0.15) is 27.9 Å². The van der Waals surface area contributed by atoms with Crippen LogP contribution in [-0.4, -0.2) is 21.0 Å². The number of aryl methyl sites for hydroxylation is 2. The van der Waals surface area contributed by atoms with Gasteiger partial charge in [-0.3, -0.25) is 4.79 Å². The van der Waals surface area contributed by atoms with Gasteiger partial charge in [-0.1, -0.05) is 18.2 Å². The summed E-state index contributed by atoms with van der Waals surface area (Å²) in [6.07, 6.45) is -4.53. The third-order valence-corrected chi connectivity index (χ3v) is 7.13. The number of hydrogen-bond acceptors (Lipinski definition) is 6. The molecule has 4 aromatic rings. The van der Waals surface area contributed by atoms with Crippen molar-refractivity contribution in [1.29, 1.82) is 0 Å². The lowest BCUT2D eigenvalue weighted by atomic mass is 10.1. The van der Waals surface area contributed by atoms with Crippen LogP contribution in [-0.2, 0) is 24.0 Å². The van der Waals surface area contributed by atoms with Crippen molar-refractivity contribution in [3.63, 3.8) is 0 Å². The van der Waals surface area contributed by atoms with Gasteiger partial charge in [-0.05, 0) is 37.6 Å². The molecule has 0 fully saturated rings. The molecule has 0 radical (unpaired) electrons. The van der Waals surface area contributed by atoms with Crippen molar-refractivity contribution in [1.82, 2.24) is 9.97 Å². The van der Waals surface area contributed by atoms with E-state index in [0.717, 1.165) is 33.0 Å². The maximum atomic E-state index is 12.8. The highest BCUT2D eigenvalue weighted by atomic mass is 32.1. The van der Waals surface area contributed by atoms with Crippen LogP contribution in [0.4, 0.5) is 13.2 Å². The zero-order valence-corrected chi connectivity index (χ0v) is 18.6. The van der Waals surface area contributed by atoms with Gasteiger partial charge >= 0.3 is 12.1 Å². The van der Waals surface area contributed by atoms with E-state index < -0.39 is 17.7 Å². The number of alkyl halides is 3. The molecule has 2 aromatic carbocycles. The average molecular weight is 479 g/mol. The second kappa shape index (κ2) is 8.51. The molecule has 0 aliphatic heterocycles. The molecule has 0 atom stereocenters. The van der Waals surface area contributed by atoms with Crippen LogP contribution in [0.3, 0.4) is 0 Å². The molecule has 2 aromatic heterocycles. The Morgan fingerprint density at radius 3 is 2.44 bits per heavy atom. The van der Waals surface area contributed by atoms with Gasteiger partial charge in [0.15, 0.2) is 0 Å². The van der Waals surface area contributed by atoms with Gasteiger partial charge in [-0.2, -0.15) is 13.2 Å². The maximum absolute atomic E-state index is 12.8. The van der Waals surface area contributed by atoms with Crippen LogP contribution in [0.2, 0.25) is 0 Å². The van der Waals surface area contributed by atoms with Gasteiger partial charge in [0.05, 0.1) is 27.3 Å². The molecule has 5 nitrogen and oxygen atoms in total. The molecule has 4 rings (SSSR count). The molecule has 0 bridgehead atoms. The topological polar surface area (TPSA) is 72.3 Å². The van der Waals surface area contributed by atoms with E-state index in [1.54, 1.807) is 6.07 Å². The number of hydrogen-bond donors (Lipinski definition) is 1. The maximum Gasteiger partial charge on any atom is 0.416 e. The molecule has 0 unspecified atom stereocenters. The fourth-order valence-corrected chi connectivity index (χ4v) is 5.13. The van der Waals surface area contributed by atoms with E-state index in [2.05, 4.69) is 9.97 Å². The first-order chi connectivity index (χ1) is 15.1. The Morgan fingerprint density at radius 1 is 1.06 bits per heavy atom. The fraction of sp³-hybridized carbons (Fsp3) is 0.227. The number of aromatic nitrogens is 2. The summed E-state index contributed by atoms with van der Waals surface area (Å²) in [6.45, 7) is 3.97. The summed E-state index contributed by atoms with van der Waals surface area (Å²) in [7, 11) is 0. The van der Waals surface area contributed by atoms with E-state index in [1.807, 2.05) is 19.9 Å². The van der Waals surface area contributed by atoms with Crippen LogP contribution < -0.4 is 4.74 Å². The number of carboxylic acids is 1. The minimum atomic E-state index is -4.38.